The largest absolute Gasteiger partial charge is 0.493 e. The van der Waals surface area contributed by atoms with E-state index in [-0.39, 0.29) is 5.78 Å². The van der Waals surface area contributed by atoms with Gasteiger partial charge in [-0.3, -0.25) is 9.48 Å². The third kappa shape index (κ3) is 3.68. The quantitative estimate of drug-likeness (QED) is 0.748. The molecule has 0 N–H and O–H groups in total. The average Bonchev–Trinajstić information content (AvgIpc) is 2.87. The van der Waals surface area contributed by atoms with Crippen LogP contribution in [-0.4, -0.2) is 22.2 Å². The van der Waals surface area contributed by atoms with Gasteiger partial charge >= 0.3 is 0 Å². The zero-order chi connectivity index (χ0) is 13.7. The van der Waals surface area contributed by atoms with Crippen molar-refractivity contribution in [1.29, 1.82) is 0 Å². The topological polar surface area (TPSA) is 44.1 Å². The SMILES string of the molecule is CCn1cc(C(=O)CCOc2cccc(C)c2)cn1. The van der Waals surface area contributed by atoms with Crippen molar-refractivity contribution in [2.45, 2.75) is 26.8 Å². The molecule has 2 aromatic rings. The summed E-state index contributed by atoms with van der Waals surface area (Å²) in [5.74, 6) is 0.865. The van der Waals surface area contributed by atoms with Gasteiger partial charge in [0.2, 0.25) is 0 Å². The molecule has 0 atom stereocenters. The minimum atomic E-state index is 0.0624. The third-order valence-corrected chi connectivity index (χ3v) is 2.87. The van der Waals surface area contributed by atoms with Gasteiger partial charge in [0.15, 0.2) is 5.78 Å². The molecular weight excluding hydrogens is 240 g/mol. The molecule has 1 aromatic heterocycles. The van der Waals surface area contributed by atoms with E-state index in [4.69, 9.17) is 4.74 Å². The molecule has 1 heterocycles. The maximum Gasteiger partial charge on any atom is 0.169 e. The molecule has 0 amide bonds. The summed E-state index contributed by atoms with van der Waals surface area (Å²) in [4.78, 5) is 11.9. The second-order valence-electron chi connectivity index (χ2n) is 4.42. The Kier molecular flexibility index (Phi) is 4.34. The van der Waals surface area contributed by atoms with Gasteiger partial charge in [-0.1, -0.05) is 12.1 Å². The van der Waals surface area contributed by atoms with Gasteiger partial charge in [0.25, 0.3) is 0 Å². The lowest BCUT2D eigenvalue weighted by Crippen LogP contribution is -2.06. The fourth-order valence-electron chi connectivity index (χ4n) is 1.79. The van der Waals surface area contributed by atoms with Crippen molar-refractivity contribution in [1.82, 2.24) is 9.78 Å². The summed E-state index contributed by atoms with van der Waals surface area (Å²) in [5, 5.41) is 4.09. The predicted molar refractivity (Wildman–Crippen MR) is 73.5 cm³/mol. The van der Waals surface area contributed by atoms with Crippen molar-refractivity contribution in [2.75, 3.05) is 6.61 Å². The lowest BCUT2D eigenvalue weighted by atomic mass is 10.2. The van der Waals surface area contributed by atoms with Gasteiger partial charge in [0, 0.05) is 19.2 Å². The molecule has 0 saturated heterocycles. The number of rotatable bonds is 6. The number of hydrogen-bond acceptors (Lipinski definition) is 3. The summed E-state index contributed by atoms with van der Waals surface area (Å²) in [7, 11) is 0. The van der Waals surface area contributed by atoms with E-state index in [1.807, 2.05) is 38.1 Å². The van der Waals surface area contributed by atoms with Crippen LogP contribution >= 0.6 is 0 Å². The number of ketones is 1. The van der Waals surface area contributed by atoms with Gasteiger partial charge in [0.05, 0.1) is 18.4 Å². The van der Waals surface area contributed by atoms with Crippen molar-refractivity contribution >= 4 is 5.78 Å². The Morgan fingerprint density at radius 2 is 2.26 bits per heavy atom. The number of nitrogens with zero attached hydrogens (tertiary/aromatic N) is 2. The van der Waals surface area contributed by atoms with E-state index in [1.54, 1.807) is 17.1 Å². The second kappa shape index (κ2) is 6.18. The molecule has 19 heavy (non-hydrogen) atoms. The van der Waals surface area contributed by atoms with Crippen LogP contribution in [-0.2, 0) is 6.54 Å². The molecular formula is C15H18N2O2. The zero-order valence-corrected chi connectivity index (χ0v) is 11.3. The molecule has 0 spiro atoms. The van der Waals surface area contributed by atoms with E-state index in [0.29, 0.717) is 18.6 Å². The van der Waals surface area contributed by atoms with Crippen molar-refractivity contribution < 1.29 is 9.53 Å². The highest BCUT2D eigenvalue weighted by molar-refractivity contribution is 5.95. The molecule has 100 valence electrons. The van der Waals surface area contributed by atoms with Gasteiger partial charge in [-0.25, -0.2) is 0 Å². The summed E-state index contributed by atoms with van der Waals surface area (Å²) in [6, 6.07) is 7.81. The molecule has 0 bridgehead atoms. The minimum absolute atomic E-state index is 0.0624. The molecule has 0 saturated carbocycles. The van der Waals surface area contributed by atoms with Gasteiger partial charge in [-0.2, -0.15) is 5.10 Å². The van der Waals surface area contributed by atoms with E-state index in [9.17, 15) is 4.79 Å². The first-order valence-electron chi connectivity index (χ1n) is 6.44. The number of carbonyl (C=O) groups excluding carboxylic acids is 1. The smallest absolute Gasteiger partial charge is 0.169 e. The standard InChI is InChI=1S/C15H18N2O2/c1-3-17-11-13(10-16-17)15(18)7-8-19-14-6-4-5-12(2)9-14/h4-6,9-11H,3,7-8H2,1-2H3. The average molecular weight is 258 g/mol. The fraction of sp³-hybridized carbons (Fsp3) is 0.333. The number of hydrogen-bond donors (Lipinski definition) is 0. The summed E-state index contributed by atoms with van der Waals surface area (Å²) in [6.07, 6.45) is 3.75. The Labute approximate surface area is 113 Å². The molecule has 2 rings (SSSR count). The van der Waals surface area contributed by atoms with Crippen LogP contribution in [0.2, 0.25) is 0 Å². The predicted octanol–water partition coefficient (Wildman–Crippen LogP) is 2.86. The van der Waals surface area contributed by atoms with Crippen LogP contribution in [0.25, 0.3) is 0 Å². The Morgan fingerprint density at radius 3 is 2.95 bits per heavy atom. The number of aryl methyl sites for hydroxylation is 2. The first-order valence-corrected chi connectivity index (χ1v) is 6.44. The Bertz CT molecular complexity index is 561. The van der Waals surface area contributed by atoms with E-state index in [1.165, 1.54) is 0 Å². The van der Waals surface area contributed by atoms with E-state index < -0.39 is 0 Å². The Balaban J connectivity index is 1.84. The number of carbonyl (C=O) groups is 1. The minimum Gasteiger partial charge on any atom is -0.493 e. The first-order chi connectivity index (χ1) is 9.19. The van der Waals surface area contributed by atoms with Crippen LogP contribution in [0, 0.1) is 6.92 Å². The molecule has 0 radical (unpaired) electrons. The first kappa shape index (κ1) is 13.3. The molecule has 4 heteroatoms. The van der Waals surface area contributed by atoms with E-state index >= 15 is 0 Å². The number of benzene rings is 1. The lowest BCUT2D eigenvalue weighted by Gasteiger charge is -2.05. The van der Waals surface area contributed by atoms with Crippen molar-refractivity contribution in [3.8, 4) is 5.75 Å². The van der Waals surface area contributed by atoms with Crippen LogP contribution in [0.4, 0.5) is 0 Å². The second-order valence-corrected chi connectivity index (χ2v) is 4.42. The van der Waals surface area contributed by atoms with E-state index in [2.05, 4.69) is 5.10 Å². The fourth-order valence-corrected chi connectivity index (χ4v) is 1.79. The highest BCUT2D eigenvalue weighted by Gasteiger charge is 2.08. The molecule has 0 aliphatic rings. The molecule has 1 aromatic carbocycles. The van der Waals surface area contributed by atoms with Crippen LogP contribution in [0.5, 0.6) is 5.75 Å². The Morgan fingerprint density at radius 1 is 1.42 bits per heavy atom. The van der Waals surface area contributed by atoms with Gasteiger partial charge in [-0.15, -0.1) is 0 Å². The monoisotopic (exact) mass is 258 g/mol. The summed E-state index contributed by atoms with van der Waals surface area (Å²) >= 11 is 0. The van der Waals surface area contributed by atoms with Gasteiger partial charge in [0.1, 0.15) is 5.75 Å². The summed E-state index contributed by atoms with van der Waals surface area (Å²) in [5.41, 5.74) is 1.79. The van der Waals surface area contributed by atoms with E-state index in [0.717, 1.165) is 17.9 Å². The van der Waals surface area contributed by atoms with Crippen LogP contribution in [0.3, 0.4) is 0 Å². The molecule has 0 aliphatic heterocycles. The van der Waals surface area contributed by atoms with Crippen molar-refractivity contribution in [3.63, 3.8) is 0 Å². The van der Waals surface area contributed by atoms with Crippen LogP contribution in [0.1, 0.15) is 29.3 Å². The maximum atomic E-state index is 11.9. The van der Waals surface area contributed by atoms with Crippen LogP contribution in [0.15, 0.2) is 36.7 Å². The summed E-state index contributed by atoms with van der Waals surface area (Å²) in [6.45, 7) is 5.16. The molecule has 0 aliphatic carbocycles. The maximum absolute atomic E-state index is 11.9. The molecule has 0 unspecified atom stereocenters. The van der Waals surface area contributed by atoms with Crippen molar-refractivity contribution in [2.24, 2.45) is 0 Å². The summed E-state index contributed by atoms with van der Waals surface area (Å²) < 4.78 is 7.31. The molecule has 4 nitrogen and oxygen atoms in total. The number of Topliss-reactive ketones (excluding diaryl/α,β-unsaturated/α-hetero) is 1. The molecule has 0 fully saturated rings. The van der Waals surface area contributed by atoms with Gasteiger partial charge < -0.3 is 4.74 Å². The zero-order valence-electron chi connectivity index (χ0n) is 11.3. The Hall–Kier alpha value is -2.10. The van der Waals surface area contributed by atoms with Gasteiger partial charge in [-0.05, 0) is 31.5 Å². The highest BCUT2D eigenvalue weighted by atomic mass is 16.5. The van der Waals surface area contributed by atoms with Crippen molar-refractivity contribution in [3.05, 3.63) is 47.8 Å². The lowest BCUT2D eigenvalue weighted by molar-refractivity contribution is 0.0962. The number of ether oxygens (including phenoxy) is 1. The normalized spacial score (nSPS) is 10.4. The number of aromatic nitrogens is 2. The highest BCUT2D eigenvalue weighted by Crippen LogP contribution is 2.13. The third-order valence-electron chi connectivity index (χ3n) is 2.87. The van der Waals surface area contributed by atoms with Crippen LogP contribution < -0.4 is 4.74 Å².